The average molecular weight is 343 g/mol. The molecule has 5 heteroatoms. The van der Waals surface area contributed by atoms with Gasteiger partial charge in [-0.1, -0.05) is 24.3 Å². The van der Waals surface area contributed by atoms with Crippen LogP contribution in [0.1, 0.15) is 29.7 Å². The zero-order valence-electron chi connectivity index (χ0n) is 14.1. The number of aliphatic imine (C=N–C) groups is 1. The summed E-state index contributed by atoms with van der Waals surface area (Å²) in [5.41, 5.74) is 8.58. The van der Waals surface area contributed by atoms with Crippen LogP contribution in [0, 0.1) is 0 Å². The number of hydrogen-bond donors (Lipinski definition) is 2. The van der Waals surface area contributed by atoms with E-state index in [1.807, 2.05) is 0 Å². The highest BCUT2D eigenvalue weighted by atomic mass is 32.1. The normalized spacial score (nSPS) is 15.5. The van der Waals surface area contributed by atoms with Crippen molar-refractivity contribution in [2.24, 2.45) is 10.7 Å². The molecule has 1 fully saturated rings. The molecule has 0 aliphatic carbocycles. The lowest BCUT2D eigenvalue weighted by Crippen LogP contribution is -2.33. The van der Waals surface area contributed by atoms with Gasteiger partial charge in [0.15, 0.2) is 5.96 Å². The number of nitrogens with one attached hydrogen (secondary N) is 1. The minimum atomic E-state index is 0.528. The van der Waals surface area contributed by atoms with Crippen molar-refractivity contribution in [3.63, 3.8) is 0 Å². The summed E-state index contributed by atoms with van der Waals surface area (Å²) >= 11 is 1.78. The number of nitrogens with two attached hydrogens (primary N) is 1. The molecule has 1 aliphatic heterocycles. The molecule has 128 valence electrons. The number of rotatable bonds is 6. The van der Waals surface area contributed by atoms with Gasteiger partial charge in [0.25, 0.3) is 0 Å². The fraction of sp³-hybridized carbons (Fsp3) is 0.421. The smallest absolute Gasteiger partial charge is 0.188 e. The average Bonchev–Trinajstić information content (AvgIpc) is 3.14. The molecular weight excluding hydrogens is 316 g/mol. The first-order valence-electron chi connectivity index (χ1n) is 8.72. The molecule has 0 amide bonds. The summed E-state index contributed by atoms with van der Waals surface area (Å²) in [6.45, 7) is 3.75. The van der Waals surface area contributed by atoms with Crippen molar-refractivity contribution < 1.29 is 0 Å². The number of anilines is 1. The van der Waals surface area contributed by atoms with Crippen LogP contribution < -0.4 is 16.0 Å². The van der Waals surface area contributed by atoms with Gasteiger partial charge in [-0.3, -0.25) is 0 Å². The van der Waals surface area contributed by atoms with E-state index in [9.17, 15) is 0 Å². The predicted molar refractivity (Wildman–Crippen MR) is 104 cm³/mol. The third kappa shape index (κ3) is 4.74. The number of hydrogen-bond acceptors (Lipinski definition) is 3. The standard InChI is InChI=1S/C19H26N4S/c20-19(21-11-10-17-8-6-14-24-17)22-15-16-7-2-3-9-18(16)23-12-4-1-5-13-23/h2-3,6-9,14H,1,4-5,10-13,15H2,(H3,20,21,22). The van der Waals surface area contributed by atoms with Crippen molar-refractivity contribution in [2.75, 3.05) is 24.5 Å². The summed E-state index contributed by atoms with van der Waals surface area (Å²) in [4.78, 5) is 8.38. The molecule has 1 aliphatic rings. The minimum Gasteiger partial charge on any atom is -0.371 e. The topological polar surface area (TPSA) is 53.6 Å². The Labute approximate surface area is 148 Å². The molecule has 1 saturated heterocycles. The molecule has 0 unspecified atom stereocenters. The lowest BCUT2D eigenvalue weighted by atomic mass is 10.1. The fourth-order valence-electron chi connectivity index (χ4n) is 3.08. The maximum absolute atomic E-state index is 6.02. The van der Waals surface area contributed by atoms with Gasteiger partial charge in [-0.15, -0.1) is 11.3 Å². The zero-order valence-corrected chi connectivity index (χ0v) is 14.9. The number of guanidine groups is 1. The largest absolute Gasteiger partial charge is 0.371 e. The first-order chi connectivity index (χ1) is 11.8. The highest BCUT2D eigenvalue weighted by Crippen LogP contribution is 2.24. The number of benzene rings is 1. The maximum Gasteiger partial charge on any atom is 0.188 e. The Morgan fingerprint density at radius 3 is 2.75 bits per heavy atom. The Kier molecular flexibility index (Phi) is 6.13. The number of thiophene rings is 1. The van der Waals surface area contributed by atoms with Crippen LogP contribution in [0.2, 0.25) is 0 Å². The third-order valence-electron chi connectivity index (χ3n) is 4.37. The monoisotopic (exact) mass is 342 g/mol. The molecule has 0 atom stereocenters. The van der Waals surface area contributed by atoms with E-state index in [4.69, 9.17) is 5.73 Å². The van der Waals surface area contributed by atoms with Crippen LogP contribution in [0.5, 0.6) is 0 Å². The van der Waals surface area contributed by atoms with Crippen molar-refractivity contribution in [2.45, 2.75) is 32.2 Å². The van der Waals surface area contributed by atoms with E-state index >= 15 is 0 Å². The highest BCUT2D eigenvalue weighted by molar-refractivity contribution is 7.09. The lowest BCUT2D eigenvalue weighted by molar-refractivity contribution is 0.576. The van der Waals surface area contributed by atoms with Crippen LogP contribution in [0.25, 0.3) is 0 Å². The molecule has 24 heavy (non-hydrogen) atoms. The third-order valence-corrected chi connectivity index (χ3v) is 5.30. The van der Waals surface area contributed by atoms with E-state index in [0.29, 0.717) is 12.5 Å². The SMILES string of the molecule is NC(=NCc1ccccc1N1CCCCC1)NCCc1cccs1. The van der Waals surface area contributed by atoms with Gasteiger partial charge in [-0.2, -0.15) is 0 Å². The predicted octanol–water partition coefficient (Wildman–Crippen LogP) is 3.39. The zero-order chi connectivity index (χ0) is 16.6. The molecule has 1 aromatic carbocycles. The molecule has 0 bridgehead atoms. The lowest BCUT2D eigenvalue weighted by Gasteiger charge is -2.30. The molecule has 2 aromatic rings. The van der Waals surface area contributed by atoms with E-state index in [1.54, 1.807) is 11.3 Å². The van der Waals surface area contributed by atoms with Gasteiger partial charge >= 0.3 is 0 Å². The van der Waals surface area contributed by atoms with Crippen molar-refractivity contribution >= 4 is 23.0 Å². The van der Waals surface area contributed by atoms with E-state index in [2.05, 4.69) is 57.0 Å². The molecule has 3 N–H and O–H groups in total. The van der Waals surface area contributed by atoms with Gasteiger partial charge in [0.2, 0.25) is 0 Å². The van der Waals surface area contributed by atoms with Crippen molar-refractivity contribution in [3.8, 4) is 0 Å². The molecular formula is C19H26N4S. The molecule has 2 heterocycles. The summed E-state index contributed by atoms with van der Waals surface area (Å²) in [5, 5.41) is 5.31. The van der Waals surface area contributed by atoms with E-state index < -0.39 is 0 Å². The summed E-state index contributed by atoms with van der Waals surface area (Å²) in [5.74, 6) is 0.528. The summed E-state index contributed by atoms with van der Waals surface area (Å²) < 4.78 is 0. The van der Waals surface area contributed by atoms with Crippen LogP contribution >= 0.6 is 11.3 Å². The van der Waals surface area contributed by atoms with Crippen LogP contribution in [0.4, 0.5) is 5.69 Å². The van der Waals surface area contributed by atoms with Crippen LogP contribution in [0.15, 0.2) is 46.8 Å². The van der Waals surface area contributed by atoms with Gasteiger partial charge in [0.05, 0.1) is 6.54 Å². The van der Waals surface area contributed by atoms with Crippen molar-refractivity contribution in [1.29, 1.82) is 0 Å². The molecule has 0 saturated carbocycles. The van der Waals surface area contributed by atoms with Crippen molar-refractivity contribution in [1.82, 2.24) is 5.32 Å². The van der Waals surface area contributed by atoms with Crippen LogP contribution in [-0.4, -0.2) is 25.6 Å². The van der Waals surface area contributed by atoms with Gasteiger partial charge in [0.1, 0.15) is 0 Å². The number of nitrogens with zero attached hydrogens (tertiary/aromatic N) is 2. The second kappa shape index (κ2) is 8.73. The molecule has 1 aromatic heterocycles. The summed E-state index contributed by atoms with van der Waals surface area (Å²) in [7, 11) is 0. The Morgan fingerprint density at radius 1 is 1.12 bits per heavy atom. The first-order valence-corrected chi connectivity index (χ1v) is 9.60. The van der Waals surface area contributed by atoms with Crippen LogP contribution in [-0.2, 0) is 13.0 Å². The minimum absolute atomic E-state index is 0.528. The summed E-state index contributed by atoms with van der Waals surface area (Å²) in [6.07, 6.45) is 4.89. The van der Waals surface area contributed by atoms with E-state index in [-0.39, 0.29) is 0 Å². The van der Waals surface area contributed by atoms with Gasteiger partial charge in [0, 0.05) is 30.2 Å². The molecule has 0 spiro atoms. The Hall–Kier alpha value is -2.01. The Bertz CT molecular complexity index is 645. The fourth-order valence-corrected chi connectivity index (χ4v) is 3.79. The number of piperidine rings is 1. The first kappa shape index (κ1) is 16.8. The molecule has 4 nitrogen and oxygen atoms in total. The number of para-hydroxylation sites is 1. The maximum atomic E-state index is 6.02. The van der Waals surface area contributed by atoms with Crippen molar-refractivity contribution in [3.05, 3.63) is 52.2 Å². The molecule has 0 radical (unpaired) electrons. The van der Waals surface area contributed by atoms with E-state index in [0.717, 1.165) is 26.1 Å². The summed E-state index contributed by atoms with van der Waals surface area (Å²) in [6, 6.07) is 12.8. The second-order valence-corrected chi connectivity index (χ2v) is 7.17. The van der Waals surface area contributed by atoms with E-state index in [1.165, 1.54) is 35.4 Å². The Morgan fingerprint density at radius 2 is 1.96 bits per heavy atom. The van der Waals surface area contributed by atoms with Crippen LogP contribution in [0.3, 0.4) is 0 Å². The van der Waals surface area contributed by atoms with Gasteiger partial charge in [-0.25, -0.2) is 4.99 Å². The molecule has 3 rings (SSSR count). The Balaban J connectivity index is 1.54. The second-order valence-electron chi connectivity index (χ2n) is 6.13. The quantitative estimate of drug-likeness (QED) is 0.625. The highest BCUT2D eigenvalue weighted by Gasteiger charge is 2.13. The van der Waals surface area contributed by atoms with Gasteiger partial charge in [-0.05, 0) is 48.8 Å². The van der Waals surface area contributed by atoms with Gasteiger partial charge < -0.3 is 16.0 Å².